The van der Waals surface area contributed by atoms with E-state index in [2.05, 4.69) is 32.9 Å². The first-order valence-electron chi connectivity index (χ1n) is 14.5. The molecule has 0 radical (unpaired) electrons. The van der Waals surface area contributed by atoms with Crippen LogP contribution in [0.5, 0.6) is 0 Å². The highest BCUT2D eigenvalue weighted by Crippen LogP contribution is 2.11. The molecule has 37 heavy (non-hydrogen) atoms. The van der Waals surface area contributed by atoms with Gasteiger partial charge in [-0.25, -0.2) is 0 Å². The average Bonchev–Trinajstić information content (AvgIpc) is 2.92. The molecule has 0 N–H and O–H groups in total. The van der Waals surface area contributed by atoms with Crippen LogP contribution < -0.4 is 0 Å². The van der Waals surface area contributed by atoms with Crippen molar-refractivity contribution in [3.63, 3.8) is 0 Å². The molecule has 0 saturated carbocycles. The molecule has 216 valence electrons. The van der Waals surface area contributed by atoms with Gasteiger partial charge in [-0.2, -0.15) is 0 Å². The minimum Gasteiger partial charge on any atom is -0.469 e. The van der Waals surface area contributed by atoms with E-state index >= 15 is 0 Å². The van der Waals surface area contributed by atoms with Crippen LogP contribution in [0.4, 0.5) is 0 Å². The number of unbranched alkanes of at least 4 members (excludes halogenated alkanes) is 15. The maximum atomic E-state index is 10.9. The van der Waals surface area contributed by atoms with E-state index in [1.165, 1.54) is 79.1 Å². The van der Waals surface area contributed by atoms with Gasteiger partial charge in [-0.15, -0.1) is 6.58 Å². The van der Waals surface area contributed by atoms with Crippen molar-refractivity contribution < 1.29 is 28.6 Å². The second kappa shape index (κ2) is 31.9. The predicted octanol–water partition coefficient (Wildman–Crippen LogP) is 8.43. The van der Waals surface area contributed by atoms with Crippen LogP contribution in [0.15, 0.2) is 24.8 Å². The summed E-state index contributed by atoms with van der Waals surface area (Å²) in [5.41, 5.74) is 0. The lowest BCUT2D eigenvalue weighted by molar-refractivity contribution is -0.141. The van der Waals surface area contributed by atoms with Crippen molar-refractivity contribution in [2.75, 3.05) is 21.3 Å². The summed E-state index contributed by atoms with van der Waals surface area (Å²) in [6, 6.07) is 0. The third-order valence-corrected chi connectivity index (χ3v) is 6.14. The molecule has 0 fully saturated rings. The number of allylic oxidation sites excluding steroid dienone is 3. The van der Waals surface area contributed by atoms with E-state index in [4.69, 9.17) is 0 Å². The van der Waals surface area contributed by atoms with Crippen molar-refractivity contribution in [2.24, 2.45) is 0 Å². The Morgan fingerprint density at radius 2 is 0.730 bits per heavy atom. The van der Waals surface area contributed by atoms with Crippen LogP contribution in [0.25, 0.3) is 0 Å². The van der Waals surface area contributed by atoms with Crippen molar-refractivity contribution in [1.29, 1.82) is 0 Å². The summed E-state index contributed by atoms with van der Waals surface area (Å²) in [5.74, 6) is -0.283. The minimum atomic E-state index is -0.0959. The van der Waals surface area contributed by atoms with E-state index in [1.807, 2.05) is 6.08 Å². The molecule has 0 spiro atoms. The highest BCUT2D eigenvalue weighted by atomic mass is 16.5. The van der Waals surface area contributed by atoms with Gasteiger partial charge in [-0.1, -0.05) is 76.0 Å². The molecule has 6 heteroatoms. The van der Waals surface area contributed by atoms with Crippen LogP contribution in [0.1, 0.15) is 135 Å². The normalized spacial score (nSPS) is 10.5. The predicted molar refractivity (Wildman–Crippen MR) is 152 cm³/mol. The first kappa shape index (κ1) is 37.0. The van der Waals surface area contributed by atoms with Gasteiger partial charge in [0.05, 0.1) is 21.3 Å². The standard InChI is InChI=1S/C20H36O4.C11H20O2/c1-23-19(21)17-15-13-11-9-7-5-3-4-6-8-10-12-14-16-18-20(22)24-2;1-3-4-5-6-7-8-9-10-11(12)13-2/h3-4H,5-18H2,1-2H3;3H,1,4-10H2,2H3. The highest BCUT2D eigenvalue weighted by Gasteiger charge is 2.00. The smallest absolute Gasteiger partial charge is 0.305 e. The largest absolute Gasteiger partial charge is 0.469 e. The molecule has 0 aromatic heterocycles. The number of rotatable bonds is 24. The molecule has 0 aliphatic carbocycles. The van der Waals surface area contributed by atoms with E-state index in [9.17, 15) is 14.4 Å². The van der Waals surface area contributed by atoms with Gasteiger partial charge in [0.2, 0.25) is 0 Å². The molecule has 0 rings (SSSR count). The molecule has 0 saturated heterocycles. The summed E-state index contributed by atoms with van der Waals surface area (Å²) < 4.78 is 13.8. The van der Waals surface area contributed by atoms with Crippen molar-refractivity contribution in [1.82, 2.24) is 0 Å². The van der Waals surface area contributed by atoms with Gasteiger partial charge in [-0.05, 0) is 57.8 Å². The fourth-order valence-corrected chi connectivity index (χ4v) is 3.75. The number of ether oxygens (including phenoxy) is 3. The molecular formula is C31H56O6. The summed E-state index contributed by atoms with van der Waals surface area (Å²) >= 11 is 0. The number of hydrogen-bond donors (Lipinski definition) is 0. The van der Waals surface area contributed by atoms with Gasteiger partial charge in [0, 0.05) is 19.3 Å². The SMILES string of the molecule is C=CCCCCCCCC(=O)OC.COC(=O)CCCCCCCC=CCCCCCCCC(=O)OC. The summed E-state index contributed by atoms with van der Waals surface area (Å²) in [6.07, 6.45) is 28.9. The Balaban J connectivity index is 0. The number of hydrogen-bond acceptors (Lipinski definition) is 6. The highest BCUT2D eigenvalue weighted by molar-refractivity contribution is 5.69. The second-order valence-electron chi connectivity index (χ2n) is 9.41. The summed E-state index contributed by atoms with van der Waals surface area (Å²) in [5, 5.41) is 0. The fraction of sp³-hybridized carbons (Fsp3) is 0.774. The Bertz CT molecular complexity index is 538. The maximum absolute atomic E-state index is 10.9. The van der Waals surface area contributed by atoms with Crippen molar-refractivity contribution in [3.05, 3.63) is 24.8 Å². The van der Waals surface area contributed by atoms with Crippen molar-refractivity contribution in [2.45, 2.75) is 135 Å². The third kappa shape index (κ3) is 33.9. The summed E-state index contributed by atoms with van der Waals surface area (Å²) in [7, 11) is 4.33. The van der Waals surface area contributed by atoms with Crippen LogP contribution in [0, 0.1) is 0 Å². The number of methoxy groups -OCH3 is 3. The lowest BCUT2D eigenvalue weighted by Crippen LogP contribution is -1.99. The van der Waals surface area contributed by atoms with E-state index in [-0.39, 0.29) is 17.9 Å². The molecule has 0 heterocycles. The average molecular weight is 525 g/mol. The molecule has 0 unspecified atom stereocenters. The maximum Gasteiger partial charge on any atom is 0.305 e. The fourth-order valence-electron chi connectivity index (χ4n) is 3.75. The Labute approximate surface area is 227 Å². The van der Waals surface area contributed by atoms with E-state index in [1.54, 1.807) is 0 Å². The zero-order chi connectivity index (χ0) is 27.8. The van der Waals surface area contributed by atoms with Gasteiger partial charge in [0.15, 0.2) is 0 Å². The summed E-state index contributed by atoms with van der Waals surface area (Å²) in [6.45, 7) is 3.67. The molecule has 0 atom stereocenters. The molecule has 0 aromatic rings. The van der Waals surface area contributed by atoms with Gasteiger partial charge in [0.25, 0.3) is 0 Å². The monoisotopic (exact) mass is 524 g/mol. The molecule has 0 aliphatic heterocycles. The minimum absolute atomic E-state index is 0.0916. The van der Waals surface area contributed by atoms with E-state index in [0.717, 1.165) is 57.8 Å². The lowest BCUT2D eigenvalue weighted by atomic mass is 10.1. The molecule has 0 amide bonds. The molecule has 0 bridgehead atoms. The van der Waals surface area contributed by atoms with Gasteiger partial charge >= 0.3 is 17.9 Å². The van der Waals surface area contributed by atoms with E-state index in [0.29, 0.717) is 19.3 Å². The van der Waals surface area contributed by atoms with Crippen molar-refractivity contribution >= 4 is 17.9 Å². The van der Waals surface area contributed by atoms with E-state index < -0.39 is 0 Å². The van der Waals surface area contributed by atoms with Crippen LogP contribution in [0.2, 0.25) is 0 Å². The Morgan fingerprint density at radius 3 is 1.03 bits per heavy atom. The Hall–Kier alpha value is -2.11. The molecular weight excluding hydrogens is 468 g/mol. The van der Waals surface area contributed by atoms with Gasteiger partial charge < -0.3 is 14.2 Å². The van der Waals surface area contributed by atoms with Crippen LogP contribution in [-0.2, 0) is 28.6 Å². The van der Waals surface area contributed by atoms with Gasteiger partial charge in [0.1, 0.15) is 0 Å². The number of esters is 3. The van der Waals surface area contributed by atoms with Gasteiger partial charge in [-0.3, -0.25) is 14.4 Å². The zero-order valence-electron chi connectivity index (χ0n) is 24.2. The van der Waals surface area contributed by atoms with Crippen LogP contribution in [-0.4, -0.2) is 39.2 Å². The number of carbonyl (C=O) groups excluding carboxylic acids is 3. The Morgan fingerprint density at radius 1 is 0.459 bits per heavy atom. The summed E-state index contributed by atoms with van der Waals surface area (Å²) in [4.78, 5) is 32.6. The zero-order valence-corrected chi connectivity index (χ0v) is 24.2. The third-order valence-electron chi connectivity index (χ3n) is 6.14. The topological polar surface area (TPSA) is 78.9 Å². The molecule has 0 aromatic carbocycles. The molecule has 6 nitrogen and oxygen atoms in total. The van der Waals surface area contributed by atoms with Crippen LogP contribution in [0.3, 0.4) is 0 Å². The Kier molecular flexibility index (Phi) is 32.0. The quantitative estimate of drug-likeness (QED) is 0.0545. The van der Waals surface area contributed by atoms with Crippen LogP contribution >= 0.6 is 0 Å². The molecule has 0 aliphatic rings. The first-order chi connectivity index (χ1) is 18.0. The number of carbonyl (C=O) groups is 3. The first-order valence-corrected chi connectivity index (χ1v) is 14.5. The lowest BCUT2D eigenvalue weighted by Gasteiger charge is -2.00. The second-order valence-corrected chi connectivity index (χ2v) is 9.41. The van der Waals surface area contributed by atoms with Crippen molar-refractivity contribution in [3.8, 4) is 0 Å².